The molecule has 3 nitrogen and oxygen atoms in total. The van der Waals surface area contributed by atoms with Gasteiger partial charge in [-0.05, 0) is 44.2 Å². The number of hydrogen-bond donors (Lipinski definition) is 0. The van der Waals surface area contributed by atoms with E-state index < -0.39 is 0 Å². The monoisotopic (exact) mass is 261 g/mol. The van der Waals surface area contributed by atoms with Crippen LogP contribution in [0, 0.1) is 6.92 Å². The number of rotatable bonds is 2. The zero-order valence-electron chi connectivity index (χ0n) is 10.6. The van der Waals surface area contributed by atoms with Crippen molar-refractivity contribution >= 4 is 29.0 Å². The number of carbonyl (C=O) groups excluding carboxylic acids is 2. The quantitative estimate of drug-likeness (QED) is 0.765. The number of carbonyl (C=O) groups is 2. The van der Waals surface area contributed by atoms with Gasteiger partial charge in [-0.1, -0.05) is 29.8 Å². The molecule has 1 aliphatic heterocycles. The van der Waals surface area contributed by atoms with Gasteiger partial charge in [0.25, 0.3) is 11.1 Å². The Morgan fingerprint density at radius 1 is 1.17 bits per heavy atom. The van der Waals surface area contributed by atoms with Crippen molar-refractivity contribution in [3.05, 3.63) is 40.3 Å². The van der Waals surface area contributed by atoms with Crippen molar-refractivity contribution < 1.29 is 9.59 Å². The molecule has 1 aromatic carbocycles. The minimum absolute atomic E-state index is 0.0959. The molecule has 0 radical (unpaired) electrons. The van der Waals surface area contributed by atoms with Crippen LogP contribution in [0.5, 0.6) is 0 Å². The van der Waals surface area contributed by atoms with Crippen molar-refractivity contribution in [2.24, 2.45) is 0 Å². The second-order valence-corrected chi connectivity index (χ2v) is 5.55. The fourth-order valence-electron chi connectivity index (χ4n) is 1.74. The van der Waals surface area contributed by atoms with E-state index in [0.29, 0.717) is 4.91 Å². The van der Waals surface area contributed by atoms with E-state index in [1.54, 1.807) is 6.08 Å². The van der Waals surface area contributed by atoms with Gasteiger partial charge < -0.3 is 0 Å². The van der Waals surface area contributed by atoms with E-state index in [0.717, 1.165) is 17.3 Å². The molecule has 18 heavy (non-hydrogen) atoms. The molecular weight excluding hydrogens is 246 g/mol. The zero-order chi connectivity index (χ0) is 13.3. The standard InChI is InChI=1S/C14H15NO2S/c1-9(2)15-13(16)12(18-14(15)17)8-11-6-4-10(3)5-7-11/h4-9H,1-3H3/b12-8-. The Balaban J connectivity index is 2.28. The molecule has 0 N–H and O–H groups in total. The molecule has 1 heterocycles. The average Bonchev–Trinajstić information content (AvgIpc) is 2.57. The lowest BCUT2D eigenvalue weighted by atomic mass is 10.1. The fourth-order valence-corrected chi connectivity index (χ4v) is 2.70. The normalized spacial score (nSPS) is 18.2. The highest BCUT2D eigenvalue weighted by Crippen LogP contribution is 2.33. The number of aryl methyl sites for hydroxylation is 1. The average molecular weight is 261 g/mol. The van der Waals surface area contributed by atoms with Crippen LogP contribution in [0.3, 0.4) is 0 Å². The molecule has 2 amide bonds. The maximum atomic E-state index is 12.0. The highest BCUT2D eigenvalue weighted by Gasteiger charge is 2.36. The molecule has 0 atom stereocenters. The summed E-state index contributed by atoms with van der Waals surface area (Å²) in [5, 5.41) is -0.187. The summed E-state index contributed by atoms with van der Waals surface area (Å²) in [6.45, 7) is 5.69. The first kappa shape index (κ1) is 12.9. The Morgan fingerprint density at radius 3 is 2.28 bits per heavy atom. The smallest absolute Gasteiger partial charge is 0.268 e. The van der Waals surface area contributed by atoms with Gasteiger partial charge in [0.2, 0.25) is 0 Å². The lowest BCUT2D eigenvalue weighted by molar-refractivity contribution is -0.123. The van der Waals surface area contributed by atoms with Crippen LogP contribution in [0.1, 0.15) is 25.0 Å². The van der Waals surface area contributed by atoms with E-state index in [9.17, 15) is 9.59 Å². The first-order chi connectivity index (χ1) is 8.49. The number of amides is 2. The Hall–Kier alpha value is -1.55. The van der Waals surface area contributed by atoms with Gasteiger partial charge in [0, 0.05) is 6.04 Å². The Kier molecular flexibility index (Phi) is 3.57. The summed E-state index contributed by atoms with van der Waals surface area (Å²) < 4.78 is 0. The minimum Gasteiger partial charge on any atom is -0.268 e. The molecule has 4 heteroatoms. The van der Waals surface area contributed by atoms with Crippen molar-refractivity contribution in [1.82, 2.24) is 4.90 Å². The van der Waals surface area contributed by atoms with Crippen LogP contribution >= 0.6 is 11.8 Å². The molecule has 1 aromatic rings. The highest BCUT2D eigenvalue weighted by atomic mass is 32.2. The second-order valence-electron chi connectivity index (χ2n) is 4.56. The van der Waals surface area contributed by atoms with Gasteiger partial charge in [-0.3, -0.25) is 14.5 Å². The molecule has 0 aromatic heterocycles. The van der Waals surface area contributed by atoms with Crippen molar-refractivity contribution in [2.75, 3.05) is 0 Å². The third-order valence-corrected chi connectivity index (χ3v) is 3.60. The van der Waals surface area contributed by atoms with E-state index in [1.165, 1.54) is 10.5 Å². The topological polar surface area (TPSA) is 37.4 Å². The lowest BCUT2D eigenvalue weighted by Gasteiger charge is -2.16. The first-order valence-corrected chi connectivity index (χ1v) is 6.64. The predicted octanol–water partition coefficient (Wildman–Crippen LogP) is 3.44. The van der Waals surface area contributed by atoms with Crippen molar-refractivity contribution in [3.63, 3.8) is 0 Å². The van der Waals surface area contributed by atoms with E-state index in [2.05, 4.69) is 0 Å². The molecule has 1 saturated heterocycles. The van der Waals surface area contributed by atoms with Crippen LogP contribution in [0.4, 0.5) is 4.79 Å². The molecule has 1 fully saturated rings. The van der Waals surface area contributed by atoms with Crippen LogP contribution < -0.4 is 0 Å². The summed E-state index contributed by atoms with van der Waals surface area (Å²) in [6, 6.07) is 7.76. The van der Waals surface area contributed by atoms with Gasteiger partial charge >= 0.3 is 0 Å². The highest BCUT2D eigenvalue weighted by molar-refractivity contribution is 8.18. The van der Waals surface area contributed by atoms with Gasteiger partial charge in [-0.15, -0.1) is 0 Å². The van der Waals surface area contributed by atoms with Gasteiger partial charge in [0.1, 0.15) is 0 Å². The summed E-state index contributed by atoms with van der Waals surface area (Å²) in [4.78, 5) is 25.5. The second kappa shape index (κ2) is 4.98. The van der Waals surface area contributed by atoms with Gasteiger partial charge in [0.15, 0.2) is 0 Å². The summed E-state index contributed by atoms with van der Waals surface area (Å²) >= 11 is 1.01. The molecule has 0 saturated carbocycles. The largest absolute Gasteiger partial charge is 0.293 e. The maximum absolute atomic E-state index is 12.0. The molecule has 0 unspecified atom stereocenters. The minimum atomic E-state index is -0.194. The lowest BCUT2D eigenvalue weighted by Crippen LogP contribution is -2.34. The van der Waals surface area contributed by atoms with Crippen molar-refractivity contribution in [2.45, 2.75) is 26.8 Å². The summed E-state index contributed by atoms with van der Waals surface area (Å²) in [5.41, 5.74) is 2.11. The summed E-state index contributed by atoms with van der Waals surface area (Å²) in [5.74, 6) is -0.194. The number of thioether (sulfide) groups is 1. The maximum Gasteiger partial charge on any atom is 0.293 e. The Morgan fingerprint density at radius 2 is 1.78 bits per heavy atom. The summed E-state index contributed by atoms with van der Waals surface area (Å²) in [7, 11) is 0. The molecule has 0 aliphatic carbocycles. The zero-order valence-corrected chi connectivity index (χ0v) is 11.5. The van der Waals surface area contributed by atoms with Crippen LogP contribution in [0.25, 0.3) is 6.08 Å². The number of nitrogens with zero attached hydrogens (tertiary/aromatic N) is 1. The van der Waals surface area contributed by atoms with Crippen LogP contribution in [-0.2, 0) is 4.79 Å². The van der Waals surface area contributed by atoms with Crippen LogP contribution in [-0.4, -0.2) is 22.1 Å². The molecule has 1 aliphatic rings. The van der Waals surface area contributed by atoms with Gasteiger partial charge in [-0.2, -0.15) is 0 Å². The fraction of sp³-hybridized carbons (Fsp3) is 0.286. The van der Waals surface area contributed by atoms with E-state index in [1.807, 2.05) is 45.0 Å². The Bertz CT molecular complexity index is 517. The molecule has 0 spiro atoms. The number of hydrogen-bond acceptors (Lipinski definition) is 3. The molecule has 2 rings (SSSR count). The van der Waals surface area contributed by atoms with Gasteiger partial charge in [-0.25, -0.2) is 0 Å². The number of benzene rings is 1. The molecule has 0 bridgehead atoms. The third kappa shape index (κ3) is 2.48. The molecular formula is C14H15NO2S. The van der Waals surface area contributed by atoms with Crippen molar-refractivity contribution in [3.8, 4) is 0 Å². The molecule has 94 valence electrons. The van der Waals surface area contributed by atoms with Crippen molar-refractivity contribution in [1.29, 1.82) is 0 Å². The van der Waals surface area contributed by atoms with E-state index in [4.69, 9.17) is 0 Å². The third-order valence-electron chi connectivity index (χ3n) is 2.72. The van der Waals surface area contributed by atoms with E-state index >= 15 is 0 Å². The van der Waals surface area contributed by atoms with Gasteiger partial charge in [0.05, 0.1) is 4.91 Å². The van der Waals surface area contributed by atoms with E-state index in [-0.39, 0.29) is 17.2 Å². The predicted molar refractivity (Wildman–Crippen MR) is 74.1 cm³/mol. The van der Waals surface area contributed by atoms with Crippen LogP contribution in [0.15, 0.2) is 29.2 Å². The first-order valence-electron chi connectivity index (χ1n) is 5.83. The van der Waals surface area contributed by atoms with Crippen LogP contribution in [0.2, 0.25) is 0 Å². The number of imide groups is 1. The summed E-state index contributed by atoms with van der Waals surface area (Å²) in [6.07, 6.45) is 1.77. The SMILES string of the molecule is Cc1ccc(/C=C2\SC(=O)N(C(C)C)C2=O)cc1. The Labute approximate surface area is 111 Å².